The van der Waals surface area contributed by atoms with Crippen LogP contribution < -0.4 is 0 Å². The Bertz CT molecular complexity index is 55.8. The molecule has 0 atom stereocenters. The maximum absolute atomic E-state index is 8.22. The average Bonchev–Trinajstić information content (AvgIpc) is 0.722. The molecule has 0 radical (unpaired) electrons. The van der Waals surface area contributed by atoms with Crippen LogP contribution in [0.15, 0.2) is 0 Å². The van der Waals surface area contributed by atoms with Gasteiger partial charge < -0.3 is 0 Å². The first-order valence-electron chi connectivity index (χ1n) is 1.03. The minimum absolute atomic E-state index is 0.882. The van der Waals surface area contributed by atoms with Crippen molar-refractivity contribution in [1.82, 2.24) is 0 Å². The van der Waals surface area contributed by atoms with Gasteiger partial charge in [0.25, 0.3) is 0 Å². The van der Waals surface area contributed by atoms with Crippen LogP contribution in [0.1, 0.15) is 0 Å². The molecule has 32 valence electrons. The van der Waals surface area contributed by atoms with E-state index in [-0.39, 0.29) is 0 Å². The summed E-state index contributed by atoms with van der Waals surface area (Å²) < 4.78 is 0. The first-order valence-corrected chi connectivity index (χ1v) is 7.02. The number of rotatable bonds is 0. The van der Waals surface area contributed by atoms with E-state index in [2.05, 4.69) is 0 Å². The molecule has 0 spiro atoms. The van der Waals surface area contributed by atoms with Crippen LogP contribution in [0.3, 0.4) is 0 Å². The van der Waals surface area contributed by atoms with Crippen molar-refractivity contribution in [3.8, 4) is 0 Å². The van der Waals surface area contributed by atoms with E-state index in [4.69, 9.17) is 9.79 Å². The van der Waals surface area contributed by atoms with Crippen LogP contribution in [0.5, 0.6) is 0 Å². The van der Waals surface area contributed by atoms with Gasteiger partial charge in [-0.25, -0.2) is 0 Å². The van der Waals surface area contributed by atoms with Gasteiger partial charge in [0, 0.05) is 0 Å². The molecule has 0 aliphatic carbocycles. The molecule has 0 aromatic heterocycles. The molecule has 5 heavy (non-hydrogen) atoms. The van der Waals surface area contributed by atoms with E-state index in [0.29, 0.717) is 0 Å². The quantitative estimate of drug-likeness (QED) is 0.600. The predicted octanol–water partition coefficient (Wildman–Crippen LogP) is -0.0898. The van der Waals surface area contributed by atoms with Crippen LogP contribution in [-0.2, 0) is 18.8 Å². The van der Waals surface area contributed by atoms with Gasteiger partial charge in [-0.3, -0.25) is 0 Å². The molecule has 0 aliphatic heterocycles. The number of hydrogen-bond acceptors (Lipinski definition) is 2. The molecule has 0 aromatic carbocycles. The Morgan fingerprint density at radius 2 is 1.60 bits per heavy atom. The second kappa shape index (κ2) is 1.66. The Labute approximate surface area is 41.1 Å². The van der Waals surface area contributed by atoms with Gasteiger partial charge in [0.2, 0.25) is 0 Å². The van der Waals surface area contributed by atoms with Gasteiger partial charge in [0.05, 0.1) is 0 Å². The van der Waals surface area contributed by atoms with Crippen molar-refractivity contribution in [3.63, 3.8) is 0 Å². The fraction of sp³-hybridized carbons (Fsp3) is 1.00. The van der Waals surface area contributed by atoms with Crippen molar-refractivity contribution < 1.29 is 28.6 Å². The van der Waals surface area contributed by atoms with E-state index in [1.54, 1.807) is 0 Å². The molecule has 0 saturated carbocycles. The van der Waals surface area contributed by atoms with Crippen molar-refractivity contribution in [2.75, 3.05) is 6.66 Å². The first kappa shape index (κ1) is 6.04. The molecule has 0 aromatic rings. The molecule has 2 nitrogen and oxygen atoms in total. The van der Waals surface area contributed by atoms with E-state index < -0.39 is 5.35 Å². The van der Waals surface area contributed by atoms with Crippen molar-refractivity contribution in [2.45, 2.75) is 0 Å². The summed E-state index contributed by atoms with van der Waals surface area (Å²) in [7, 11) is 0. The zero-order valence-electron chi connectivity index (χ0n) is 2.75. The first-order chi connectivity index (χ1) is 2.00. The Hall–Kier alpha value is 1.04. The SMILES string of the molecule is C[P](O)(O)=[W]. The summed E-state index contributed by atoms with van der Waals surface area (Å²) in [5.41, 5.74) is 0. The molecule has 0 fully saturated rings. The normalized spacial score (nSPS) is 11.8. The van der Waals surface area contributed by atoms with E-state index in [1.165, 1.54) is 6.66 Å². The van der Waals surface area contributed by atoms with Crippen molar-refractivity contribution in [2.24, 2.45) is 0 Å². The molecule has 0 rings (SSSR count). The summed E-state index contributed by atoms with van der Waals surface area (Å²) in [5, 5.41) is -2.31. The summed E-state index contributed by atoms with van der Waals surface area (Å²) in [5.74, 6) is 0. The van der Waals surface area contributed by atoms with Crippen LogP contribution in [0.2, 0.25) is 0 Å². The zero-order chi connectivity index (χ0) is 4.50. The van der Waals surface area contributed by atoms with Gasteiger partial charge in [-0.05, 0) is 0 Å². The molecule has 2 N–H and O–H groups in total. The second-order valence-electron chi connectivity index (χ2n) is 0.835. The number of hydrogen-bond donors (Lipinski definition) is 2. The van der Waals surface area contributed by atoms with Crippen LogP contribution in [-0.4, -0.2) is 16.5 Å². The van der Waals surface area contributed by atoms with E-state index in [9.17, 15) is 0 Å². The summed E-state index contributed by atoms with van der Waals surface area (Å²) in [6.07, 6.45) is 0. The van der Waals surface area contributed by atoms with Crippen LogP contribution in [0.25, 0.3) is 0 Å². The summed E-state index contributed by atoms with van der Waals surface area (Å²) in [6.45, 7) is 1.45. The molecular formula is CH5O2PW. The fourth-order valence-electron chi connectivity index (χ4n) is 0. The minimum atomic E-state index is -2.31. The topological polar surface area (TPSA) is 40.5 Å². The van der Waals surface area contributed by atoms with E-state index >= 15 is 0 Å². The van der Waals surface area contributed by atoms with Gasteiger partial charge in [0.1, 0.15) is 0 Å². The molecule has 0 unspecified atom stereocenters. The van der Waals surface area contributed by atoms with Crippen LogP contribution in [0, 0.1) is 0 Å². The molecule has 4 heteroatoms. The van der Waals surface area contributed by atoms with Crippen molar-refractivity contribution in [1.29, 1.82) is 0 Å². The summed E-state index contributed by atoms with van der Waals surface area (Å²) in [4.78, 5) is 16.4. The van der Waals surface area contributed by atoms with Gasteiger partial charge in [-0.15, -0.1) is 0 Å². The Kier molecular flexibility index (Phi) is 2.00. The third-order valence-electron chi connectivity index (χ3n) is 0. The van der Waals surface area contributed by atoms with Crippen molar-refractivity contribution in [3.05, 3.63) is 0 Å². The van der Waals surface area contributed by atoms with Gasteiger partial charge >= 0.3 is 40.6 Å². The Morgan fingerprint density at radius 1 is 1.60 bits per heavy atom. The van der Waals surface area contributed by atoms with Gasteiger partial charge in [0.15, 0.2) is 0 Å². The molecule has 0 heterocycles. The van der Waals surface area contributed by atoms with Gasteiger partial charge in [-0.1, -0.05) is 0 Å². The fourth-order valence-corrected chi connectivity index (χ4v) is 0. The van der Waals surface area contributed by atoms with Crippen LogP contribution in [0.4, 0.5) is 0 Å². The standard InChI is InChI=1S/CH5O2P.W/c1-4(2)3;/h2-3H,1H3;. The molecule has 0 saturated heterocycles. The molecular weight excluding hydrogens is 259 g/mol. The summed E-state index contributed by atoms with van der Waals surface area (Å²) in [6, 6.07) is 0. The zero-order valence-corrected chi connectivity index (χ0v) is 6.58. The monoisotopic (exact) mass is 264 g/mol. The molecule has 0 aliphatic rings. The van der Waals surface area contributed by atoms with E-state index in [0.717, 1.165) is 18.8 Å². The third kappa shape index (κ3) is 43.1. The maximum atomic E-state index is 8.22. The molecule has 0 amide bonds. The average molecular weight is 264 g/mol. The predicted molar refractivity (Wildman–Crippen MR) is 17.3 cm³/mol. The Morgan fingerprint density at radius 3 is 1.60 bits per heavy atom. The molecule has 0 bridgehead atoms. The van der Waals surface area contributed by atoms with Gasteiger partial charge in [-0.2, -0.15) is 0 Å². The summed E-state index contributed by atoms with van der Waals surface area (Å²) >= 11 is 0.882. The van der Waals surface area contributed by atoms with E-state index in [1.807, 2.05) is 0 Å². The Balaban J connectivity index is 3.47. The third-order valence-corrected chi connectivity index (χ3v) is 0. The van der Waals surface area contributed by atoms with Crippen molar-refractivity contribution >= 4 is 5.35 Å². The second-order valence-corrected chi connectivity index (χ2v) is 9.96. The van der Waals surface area contributed by atoms with Crippen LogP contribution >= 0.6 is 5.35 Å².